The van der Waals surface area contributed by atoms with Gasteiger partial charge in [-0.1, -0.05) is 0 Å². The first-order chi connectivity index (χ1) is 8.70. The highest BCUT2D eigenvalue weighted by molar-refractivity contribution is 7.09. The fourth-order valence-corrected chi connectivity index (χ4v) is 1.99. The van der Waals surface area contributed by atoms with Crippen LogP contribution in [0.25, 0.3) is 0 Å². The number of benzene rings is 1. The topological polar surface area (TPSA) is 77.3 Å². The van der Waals surface area contributed by atoms with Crippen molar-refractivity contribution in [1.82, 2.24) is 4.98 Å². The maximum absolute atomic E-state index is 10.9. The number of hydrogen-bond donors (Lipinski definition) is 1. The predicted molar refractivity (Wildman–Crippen MR) is 69.1 cm³/mol. The van der Waals surface area contributed by atoms with Crippen LogP contribution in [0, 0.1) is 10.1 Å². The molecule has 7 heteroatoms. The molecule has 0 fully saturated rings. The fourth-order valence-electron chi connectivity index (χ4n) is 1.45. The Morgan fingerprint density at radius 1 is 1.56 bits per heavy atom. The van der Waals surface area contributed by atoms with E-state index in [0.717, 1.165) is 4.88 Å². The Labute approximate surface area is 107 Å². The van der Waals surface area contributed by atoms with Crippen molar-refractivity contribution in [1.29, 1.82) is 0 Å². The van der Waals surface area contributed by atoms with E-state index >= 15 is 0 Å². The fraction of sp³-hybridized carbons (Fsp3) is 0.182. The Morgan fingerprint density at radius 2 is 2.39 bits per heavy atom. The number of nitro benzene ring substituents is 1. The minimum Gasteiger partial charge on any atom is -0.497 e. The van der Waals surface area contributed by atoms with Gasteiger partial charge in [0.25, 0.3) is 5.69 Å². The Kier molecular flexibility index (Phi) is 3.73. The monoisotopic (exact) mass is 265 g/mol. The van der Waals surface area contributed by atoms with Crippen LogP contribution < -0.4 is 10.1 Å². The van der Waals surface area contributed by atoms with E-state index in [0.29, 0.717) is 18.0 Å². The van der Waals surface area contributed by atoms with E-state index in [1.807, 2.05) is 0 Å². The van der Waals surface area contributed by atoms with E-state index in [1.54, 1.807) is 23.8 Å². The summed E-state index contributed by atoms with van der Waals surface area (Å²) < 4.78 is 5.05. The molecule has 0 radical (unpaired) electrons. The lowest BCUT2D eigenvalue weighted by Gasteiger charge is -2.07. The number of nitro groups is 1. The van der Waals surface area contributed by atoms with E-state index in [9.17, 15) is 10.1 Å². The van der Waals surface area contributed by atoms with Crippen LogP contribution >= 0.6 is 11.3 Å². The Bertz CT molecular complexity index is 542. The molecule has 94 valence electrons. The van der Waals surface area contributed by atoms with Crippen molar-refractivity contribution in [3.05, 3.63) is 44.9 Å². The second-order valence-electron chi connectivity index (χ2n) is 3.46. The number of ether oxygens (including phenoxy) is 1. The van der Waals surface area contributed by atoms with Crippen molar-refractivity contribution in [3.8, 4) is 5.75 Å². The smallest absolute Gasteiger partial charge is 0.292 e. The van der Waals surface area contributed by atoms with Crippen LogP contribution in [-0.4, -0.2) is 17.0 Å². The van der Waals surface area contributed by atoms with Crippen LogP contribution in [0.2, 0.25) is 0 Å². The molecular weight excluding hydrogens is 254 g/mol. The molecular formula is C11H11N3O3S. The summed E-state index contributed by atoms with van der Waals surface area (Å²) in [6.45, 7) is 0.499. The van der Waals surface area contributed by atoms with Gasteiger partial charge in [-0.05, 0) is 6.07 Å². The second-order valence-corrected chi connectivity index (χ2v) is 4.43. The quantitative estimate of drug-likeness (QED) is 0.664. The Morgan fingerprint density at radius 3 is 3.00 bits per heavy atom. The number of nitrogens with one attached hydrogen (secondary N) is 1. The number of rotatable bonds is 5. The van der Waals surface area contributed by atoms with Gasteiger partial charge in [-0.15, -0.1) is 11.3 Å². The summed E-state index contributed by atoms with van der Waals surface area (Å²) in [7, 11) is 1.52. The summed E-state index contributed by atoms with van der Waals surface area (Å²) in [6, 6.07) is 4.60. The Balaban J connectivity index is 2.20. The predicted octanol–water partition coefficient (Wildman–Crippen LogP) is 2.67. The van der Waals surface area contributed by atoms with E-state index < -0.39 is 4.92 Å². The van der Waals surface area contributed by atoms with Crippen molar-refractivity contribution in [2.75, 3.05) is 12.4 Å². The lowest BCUT2D eigenvalue weighted by molar-refractivity contribution is -0.384. The molecule has 0 aliphatic carbocycles. The molecule has 0 amide bonds. The van der Waals surface area contributed by atoms with Crippen molar-refractivity contribution in [2.45, 2.75) is 6.54 Å². The normalized spacial score (nSPS) is 10.1. The zero-order chi connectivity index (χ0) is 13.0. The molecule has 1 heterocycles. The van der Waals surface area contributed by atoms with Gasteiger partial charge in [0.2, 0.25) is 0 Å². The molecule has 0 aliphatic heterocycles. The first kappa shape index (κ1) is 12.3. The summed E-state index contributed by atoms with van der Waals surface area (Å²) in [5, 5.41) is 13.9. The number of aromatic nitrogens is 1. The highest BCUT2D eigenvalue weighted by Crippen LogP contribution is 2.29. The lowest BCUT2D eigenvalue weighted by atomic mass is 10.2. The zero-order valence-corrected chi connectivity index (χ0v) is 10.4. The average Bonchev–Trinajstić information content (AvgIpc) is 2.88. The number of anilines is 1. The van der Waals surface area contributed by atoms with Crippen LogP contribution in [0.3, 0.4) is 0 Å². The molecule has 0 spiro atoms. The van der Waals surface area contributed by atoms with Crippen LogP contribution in [-0.2, 0) is 6.54 Å². The van der Waals surface area contributed by atoms with Gasteiger partial charge in [-0.2, -0.15) is 0 Å². The van der Waals surface area contributed by atoms with Gasteiger partial charge >= 0.3 is 0 Å². The van der Waals surface area contributed by atoms with Crippen LogP contribution in [0.1, 0.15) is 4.88 Å². The molecule has 0 atom stereocenters. The van der Waals surface area contributed by atoms with Gasteiger partial charge in [-0.25, -0.2) is 0 Å². The third-order valence-electron chi connectivity index (χ3n) is 2.34. The second kappa shape index (κ2) is 5.46. The molecule has 2 aromatic rings. The number of hydrogen-bond acceptors (Lipinski definition) is 6. The SMILES string of the molecule is COc1ccc([N+](=O)[O-])c(NCc2cncs2)c1. The molecule has 0 saturated heterocycles. The van der Waals surface area contributed by atoms with E-state index in [1.165, 1.54) is 24.5 Å². The number of thiazole rings is 1. The first-order valence-corrected chi connectivity index (χ1v) is 6.02. The van der Waals surface area contributed by atoms with Gasteiger partial charge in [-0.3, -0.25) is 15.1 Å². The summed E-state index contributed by atoms with van der Waals surface area (Å²) in [5.41, 5.74) is 2.19. The van der Waals surface area contributed by atoms with E-state index in [-0.39, 0.29) is 5.69 Å². The van der Waals surface area contributed by atoms with Gasteiger partial charge in [0.05, 0.1) is 24.1 Å². The van der Waals surface area contributed by atoms with Crippen molar-refractivity contribution in [2.24, 2.45) is 0 Å². The minimum atomic E-state index is -0.422. The third-order valence-corrected chi connectivity index (χ3v) is 3.12. The lowest BCUT2D eigenvalue weighted by Crippen LogP contribution is -2.02. The van der Waals surface area contributed by atoms with Crippen LogP contribution in [0.4, 0.5) is 11.4 Å². The van der Waals surface area contributed by atoms with Gasteiger partial charge in [0.1, 0.15) is 11.4 Å². The zero-order valence-electron chi connectivity index (χ0n) is 9.62. The molecule has 2 rings (SSSR count). The van der Waals surface area contributed by atoms with Gasteiger partial charge in [0, 0.05) is 23.2 Å². The van der Waals surface area contributed by atoms with Crippen LogP contribution in [0.15, 0.2) is 29.9 Å². The summed E-state index contributed by atoms with van der Waals surface area (Å²) in [5.74, 6) is 0.576. The molecule has 18 heavy (non-hydrogen) atoms. The molecule has 0 saturated carbocycles. The van der Waals surface area contributed by atoms with Gasteiger partial charge in [0.15, 0.2) is 0 Å². The van der Waals surface area contributed by atoms with Crippen molar-refractivity contribution in [3.63, 3.8) is 0 Å². The molecule has 1 N–H and O–H groups in total. The minimum absolute atomic E-state index is 0.0281. The van der Waals surface area contributed by atoms with Crippen molar-refractivity contribution >= 4 is 22.7 Å². The number of nitrogens with zero attached hydrogens (tertiary/aromatic N) is 2. The number of methoxy groups -OCH3 is 1. The highest BCUT2D eigenvalue weighted by atomic mass is 32.1. The van der Waals surface area contributed by atoms with Gasteiger partial charge < -0.3 is 10.1 Å². The molecule has 0 unspecified atom stereocenters. The molecule has 0 aliphatic rings. The maximum atomic E-state index is 10.9. The standard InChI is InChI=1S/C11H11N3O3S/c1-17-8-2-3-11(14(15)16)10(4-8)13-6-9-5-12-7-18-9/h2-5,7,13H,6H2,1H3. The summed E-state index contributed by atoms with van der Waals surface area (Å²) >= 11 is 1.49. The van der Waals surface area contributed by atoms with E-state index in [2.05, 4.69) is 10.3 Å². The largest absolute Gasteiger partial charge is 0.497 e. The third kappa shape index (κ3) is 2.75. The molecule has 1 aromatic heterocycles. The summed E-state index contributed by atoms with van der Waals surface area (Å²) in [4.78, 5) is 15.4. The molecule has 6 nitrogen and oxygen atoms in total. The average molecular weight is 265 g/mol. The Hall–Kier alpha value is -2.15. The van der Waals surface area contributed by atoms with E-state index in [4.69, 9.17) is 4.74 Å². The first-order valence-electron chi connectivity index (χ1n) is 5.14. The summed E-state index contributed by atoms with van der Waals surface area (Å²) in [6.07, 6.45) is 1.73. The molecule has 0 bridgehead atoms. The highest BCUT2D eigenvalue weighted by Gasteiger charge is 2.14. The molecule has 1 aromatic carbocycles. The van der Waals surface area contributed by atoms with Crippen LogP contribution in [0.5, 0.6) is 5.75 Å². The van der Waals surface area contributed by atoms with Crippen molar-refractivity contribution < 1.29 is 9.66 Å². The maximum Gasteiger partial charge on any atom is 0.292 e.